The molecule has 7 heteroatoms. The summed E-state index contributed by atoms with van der Waals surface area (Å²) in [7, 11) is 3.41. The summed E-state index contributed by atoms with van der Waals surface area (Å²) in [6, 6.07) is 0. The van der Waals surface area contributed by atoms with Crippen molar-refractivity contribution in [3.63, 3.8) is 0 Å². The van der Waals surface area contributed by atoms with Gasteiger partial charge >= 0.3 is 0 Å². The minimum atomic E-state index is -0.204. The van der Waals surface area contributed by atoms with Gasteiger partial charge in [-0.3, -0.25) is 0 Å². The number of hydrogen-bond donors (Lipinski definition) is 1. The second-order valence-electron chi connectivity index (χ2n) is 2.25. The topological polar surface area (TPSA) is 57.8 Å². The zero-order chi connectivity index (χ0) is 9.30. The molecule has 0 bridgehead atoms. The van der Waals surface area contributed by atoms with Crippen molar-refractivity contribution in [3.05, 3.63) is 8.86 Å². The molecule has 0 aromatic carbocycles. The predicted molar refractivity (Wildman–Crippen MR) is 50.3 cm³/mol. The van der Waals surface area contributed by atoms with Gasteiger partial charge in [0.15, 0.2) is 3.95 Å². The molecule has 0 saturated heterocycles. The Kier molecular flexibility index (Phi) is 2.43. The molecule has 0 spiro atoms. The maximum absolute atomic E-state index is 10.1. The number of thiazole rings is 1. The minimum Gasteiger partial charge on any atom is -0.491 e. The highest BCUT2D eigenvalue weighted by atomic mass is 32.1. The van der Waals surface area contributed by atoms with Crippen LogP contribution in [-0.2, 0) is 0 Å². The molecule has 5 nitrogen and oxygen atoms in total. The number of rotatable bonds is 2. The van der Waals surface area contributed by atoms with Crippen molar-refractivity contribution in [2.24, 2.45) is 5.18 Å². The van der Waals surface area contributed by atoms with Crippen LogP contribution in [0.15, 0.2) is 5.18 Å². The van der Waals surface area contributed by atoms with E-state index in [1.165, 1.54) is 4.68 Å². The van der Waals surface area contributed by atoms with Crippen molar-refractivity contribution in [1.29, 1.82) is 0 Å². The van der Waals surface area contributed by atoms with Crippen molar-refractivity contribution in [3.8, 4) is 5.88 Å². The van der Waals surface area contributed by atoms with Crippen LogP contribution in [0, 0.1) is 8.86 Å². The van der Waals surface area contributed by atoms with Crippen LogP contribution in [0.2, 0.25) is 0 Å². The van der Waals surface area contributed by atoms with E-state index in [-0.39, 0.29) is 10.9 Å². The third kappa shape index (κ3) is 1.32. The van der Waals surface area contributed by atoms with Crippen LogP contribution in [0.5, 0.6) is 5.88 Å². The molecular formula is C5H7N3O2S2. The van der Waals surface area contributed by atoms with E-state index in [1.54, 1.807) is 19.1 Å². The van der Waals surface area contributed by atoms with E-state index in [2.05, 4.69) is 5.18 Å². The van der Waals surface area contributed by atoms with Crippen LogP contribution < -0.4 is 5.01 Å². The first-order valence-electron chi connectivity index (χ1n) is 3.03. The van der Waals surface area contributed by atoms with Crippen molar-refractivity contribution in [2.75, 3.05) is 19.1 Å². The maximum atomic E-state index is 10.1. The fourth-order valence-corrected chi connectivity index (χ4v) is 1.96. The molecule has 1 rings (SSSR count). The lowest BCUT2D eigenvalue weighted by Gasteiger charge is -2.13. The van der Waals surface area contributed by atoms with Gasteiger partial charge in [-0.2, -0.15) is 0 Å². The summed E-state index contributed by atoms with van der Waals surface area (Å²) < 4.78 is 1.73. The lowest BCUT2D eigenvalue weighted by Crippen LogP contribution is -2.23. The molecule has 0 radical (unpaired) electrons. The Morgan fingerprint density at radius 2 is 2.25 bits per heavy atom. The molecule has 0 aliphatic carbocycles. The SMILES string of the molecule is CN(C)n1c(O)c(N=O)sc1=S. The molecule has 0 amide bonds. The van der Waals surface area contributed by atoms with Crippen molar-refractivity contribution >= 4 is 28.6 Å². The van der Waals surface area contributed by atoms with E-state index in [4.69, 9.17) is 12.2 Å². The number of nitroso groups, excluding NO2 is 1. The summed E-state index contributed by atoms with van der Waals surface area (Å²) in [6.45, 7) is 0. The molecule has 1 heterocycles. The van der Waals surface area contributed by atoms with Gasteiger partial charge < -0.3 is 10.1 Å². The highest BCUT2D eigenvalue weighted by molar-refractivity contribution is 7.73. The van der Waals surface area contributed by atoms with Crippen molar-refractivity contribution < 1.29 is 5.11 Å². The molecule has 0 aliphatic heterocycles. The van der Waals surface area contributed by atoms with Gasteiger partial charge in [-0.05, 0) is 17.4 Å². The van der Waals surface area contributed by atoms with Gasteiger partial charge in [0.05, 0.1) is 0 Å². The van der Waals surface area contributed by atoms with E-state index in [0.29, 0.717) is 3.95 Å². The molecule has 1 aromatic rings. The second-order valence-corrected chi connectivity index (χ2v) is 3.87. The van der Waals surface area contributed by atoms with E-state index in [1.807, 2.05) is 0 Å². The fourth-order valence-electron chi connectivity index (χ4n) is 0.761. The number of aromatic nitrogens is 1. The van der Waals surface area contributed by atoms with Crippen LogP contribution in [0.25, 0.3) is 0 Å². The number of aromatic hydroxyl groups is 1. The zero-order valence-electron chi connectivity index (χ0n) is 6.51. The van der Waals surface area contributed by atoms with Crippen molar-refractivity contribution in [1.82, 2.24) is 4.68 Å². The Labute approximate surface area is 77.8 Å². The van der Waals surface area contributed by atoms with Gasteiger partial charge in [0.25, 0.3) is 5.88 Å². The van der Waals surface area contributed by atoms with Crippen molar-refractivity contribution in [2.45, 2.75) is 0 Å². The summed E-state index contributed by atoms with van der Waals surface area (Å²) in [6.07, 6.45) is 0. The number of hydrogen-bond acceptors (Lipinski definition) is 6. The average Bonchev–Trinajstić information content (AvgIpc) is 2.25. The minimum absolute atomic E-state index is 0.00806. The number of nitrogens with zero attached hydrogens (tertiary/aromatic N) is 3. The van der Waals surface area contributed by atoms with E-state index >= 15 is 0 Å². The van der Waals surface area contributed by atoms with Crippen LogP contribution in [0.1, 0.15) is 0 Å². The fraction of sp³-hybridized carbons (Fsp3) is 0.400. The Hall–Kier alpha value is -0.950. The standard InChI is InChI=1S/C5H7N3O2S2/c1-7(2)8-4(9)3(6-10)12-5(8)11/h9H,1-2H3. The summed E-state index contributed by atoms with van der Waals surface area (Å²) >= 11 is 5.86. The smallest absolute Gasteiger partial charge is 0.253 e. The third-order valence-electron chi connectivity index (χ3n) is 1.23. The maximum Gasteiger partial charge on any atom is 0.253 e. The molecular weight excluding hydrogens is 198 g/mol. The summed E-state index contributed by atoms with van der Waals surface area (Å²) in [5, 5.41) is 13.6. The third-order valence-corrected chi connectivity index (χ3v) is 2.45. The molecule has 0 fully saturated rings. The Morgan fingerprint density at radius 3 is 2.50 bits per heavy atom. The Balaban J connectivity index is 3.38. The Morgan fingerprint density at radius 1 is 1.67 bits per heavy atom. The van der Waals surface area contributed by atoms with E-state index in [0.717, 1.165) is 11.3 Å². The lowest BCUT2D eigenvalue weighted by atomic mass is 10.8. The van der Waals surface area contributed by atoms with Gasteiger partial charge in [-0.15, -0.1) is 4.91 Å². The summed E-state index contributed by atoms with van der Waals surface area (Å²) in [5.74, 6) is -0.204. The van der Waals surface area contributed by atoms with Gasteiger partial charge in [0.2, 0.25) is 5.00 Å². The van der Waals surface area contributed by atoms with Gasteiger partial charge in [0, 0.05) is 14.1 Å². The van der Waals surface area contributed by atoms with Gasteiger partial charge in [0.1, 0.15) is 0 Å². The highest BCUT2D eigenvalue weighted by Crippen LogP contribution is 2.33. The largest absolute Gasteiger partial charge is 0.491 e. The van der Waals surface area contributed by atoms with Crippen LogP contribution >= 0.6 is 23.6 Å². The summed E-state index contributed by atoms with van der Waals surface area (Å²) in [5.41, 5.74) is 0. The average molecular weight is 205 g/mol. The normalized spacial score (nSPS) is 9.83. The van der Waals surface area contributed by atoms with Crippen LogP contribution in [0.4, 0.5) is 5.00 Å². The van der Waals surface area contributed by atoms with Gasteiger partial charge in [-0.25, -0.2) is 4.68 Å². The molecule has 12 heavy (non-hydrogen) atoms. The lowest BCUT2D eigenvalue weighted by molar-refractivity contribution is 0.420. The molecule has 0 atom stereocenters. The highest BCUT2D eigenvalue weighted by Gasteiger charge is 2.12. The molecule has 1 aromatic heterocycles. The molecule has 0 aliphatic rings. The molecule has 66 valence electrons. The Bertz CT molecular complexity index is 354. The second kappa shape index (κ2) is 3.20. The summed E-state index contributed by atoms with van der Waals surface area (Å²) in [4.78, 5) is 10.1. The van der Waals surface area contributed by atoms with E-state index < -0.39 is 0 Å². The first-order chi connectivity index (χ1) is 5.57. The molecule has 1 N–H and O–H groups in total. The first kappa shape index (κ1) is 9.14. The predicted octanol–water partition coefficient (Wildman–Crippen LogP) is 1.58. The zero-order valence-corrected chi connectivity index (χ0v) is 8.15. The molecule has 0 unspecified atom stereocenters. The molecule has 0 saturated carbocycles. The van der Waals surface area contributed by atoms with Crippen LogP contribution in [0.3, 0.4) is 0 Å². The van der Waals surface area contributed by atoms with Crippen LogP contribution in [-0.4, -0.2) is 23.9 Å². The first-order valence-corrected chi connectivity index (χ1v) is 4.26. The monoisotopic (exact) mass is 205 g/mol. The van der Waals surface area contributed by atoms with E-state index in [9.17, 15) is 10.0 Å². The quantitative estimate of drug-likeness (QED) is 0.588. The van der Waals surface area contributed by atoms with Gasteiger partial charge in [-0.1, -0.05) is 11.3 Å².